The SMILES string of the molecule is O=C(NCCCCC1CCN(C(=O)c2ccccc2OF)CC1)c1cc2ccncc2s1. The molecule has 1 N–H and O–H groups in total. The van der Waals surface area contributed by atoms with Crippen molar-refractivity contribution in [2.75, 3.05) is 19.6 Å². The number of carbonyl (C=O) groups excluding carboxylic acids is 2. The number of hydrogen-bond donors (Lipinski definition) is 1. The summed E-state index contributed by atoms with van der Waals surface area (Å²) in [7, 11) is 0. The molecule has 1 aliphatic heterocycles. The molecule has 0 spiro atoms. The minimum Gasteiger partial charge on any atom is -0.351 e. The highest BCUT2D eigenvalue weighted by Crippen LogP contribution is 2.27. The Hall–Kier alpha value is -3.00. The molecule has 2 amide bonds. The Morgan fingerprint density at radius 1 is 1.19 bits per heavy atom. The highest BCUT2D eigenvalue weighted by molar-refractivity contribution is 7.20. The van der Waals surface area contributed by atoms with Crippen LogP contribution in [0, 0.1) is 5.92 Å². The smallest absolute Gasteiger partial charge is 0.261 e. The van der Waals surface area contributed by atoms with E-state index in [1.807, 2.05) is 12.1 Å². The van der Waals surface area contributed by atoms with Crippen LogP contribution in [-0.2, 0) is 0 Å². The van der Waals surface area contributed by atoms with Crippen LogP contribution in [0.4, 0.5) is 4.53 Å². The van der Waals surface area contributed by atoms with Crippen molar-refractivity contribution in [2.24, 2.45) is 5.92 Å². The van der Waals surface area contributed by atoms with E-state index in [-0.39, 0.29) is 23.1 Å². The maximum atomic E-state index is 12.7. The summed E-state index contributed by atoms with van der Waals surface area (Å²) in [4.78, 5) is 35.4. The van der Waals surface area contributed by atoms with Gasteiger partial charge in [-0.2, -0.15) is 0 Å². The first kappa shape index (κ1) is 22.2. The van der Waals surface area contributed by atoms with Crippen LogP contribution < -0.4 is 10.3 Å². The lowest BCUT2D eigenvalue weighted by Crippen LogP contribution is -2.38. The molecule has 0 aliphatic carbocycles. The molecule has 6 nitrogen and oxygen atoms in total. The topological polar surface area (TPSA) is 71.5 Å². The molecule has 0 atom stereocenters. The van der Waals surface area contributed by atoms with Gasteiger partial charge >= 0.3 is 0 Å². The van der Waals surface area contributed by atoms with Gasteiger partial charge in [0.25, 0.3) is 11.8 Å². The number of unbranched alkanes of at least 4 members (excludes halogenated alkanes) is 1. The molecule has 1 aliphatic rings. The summed E-state index contributed by atoms with van der Waals surface area (Å²) in [6, 6.07) is 10.2. The van der Waals surface area contributed by atoms with Crippen molar-refractivity contribution in [3.05, 3.63) is 59.2 Å². The Morgan fingerprint density at radius 3 is 2.78 bits per heavy atom. The third-order valence-electron chi connectivity index (χ3n) is 5.97. The summed E-state index contributed by atoms with van der Waals surface area (Å²) in [5, 5.41) is 4.05. The number of benzene rings is 1. The van der Waals surface area contributed by atoms with E-state index in [4.69, 9.17) is 0 Å². The van der Waals surface area contributed by atoms with Crippen LogP contribution in [0.2, 0.25) is 0 Å². The first-order valence-corrected chi connectivity index (χ1v) is 11.8. The van der Waals surface area contributed by atoms with Gasteiger partial charge in [-0.05, 0) is 54.8 Å². The number of piperidine rings is 1. The van der Waals surface area contributed by atoms with Crippen LogP contribution in [0.5, 0.6) is 5.75 Å². The molecule has 1 aromatic carbocycles. The van der Waals surface area contributed by atoms with Crippen molar-refractivity contribution in [1.29, 1.82) is 0 Å². The Balaban J connectivity index is 1.15. The number of amides is 2. The fourth-order valence-corrected chi connectivity index (χ4v) is 5.10. The third kappa shape index (κ3) is 5.24. The number of nitrogens with zero attached hydrogens (tertiary/aromatic N) is 2. The van der Waals surface area contributed by atoms with E-state index in [9.17, 15) is 14.1 Å². The van der Waals surface area contributed by atoms with E-state index in [2.05, 4.69) is 15.2 Å². The Labute approximate surface area is 190 Å². The molecular weight excluding hydrogens is 429 g/mol. The highest BCUT2D eigenvalue weighted by atomic mass is 32.1. The van der Waals surface area contributed by atoms with Gasteiger partial charge in [0, 0.05) is 36.6 Å². The zero-order chi connectivity index (χ0) is 22.3. The van der Waals surface area contributed by atoms with Gasteiger partial charge < -0.3 is 10.2 Å². The second kappa shape index (κ2) is 10.5. The standard InChI is InChI=1S/C24H26FN3O3S/c25-31-20-7-2-1-6-19(20)24(30)28-13-9-17(10-14-28)5-3-4-11-27-23(29)21-15-18-8-12-26-16-22(18)32-21/h1-2,6-8,12,15-17H,3-5,9-11,13-14H2,(H,27,29). The lowest BCUT2D eigenvalue weighted by atomic mass is 9.91. The van der Waals surface area contributed by atoms with Crippen molar-refractivity contribution in [3.63, 3.8) is 0 Å². The molecule has 168 valence electrons. The van der Waals surface area contributed by atoms with Crippen LogP contribution in [0.3, 0.4) is 0 Å². The lowest BCUT2D eigenvalue weighted by Gasteiger charge is -2.32. The maximum absolute atomic E-state index is 12.7. The monoisotopic (exact) mass is 455 g/mol. The molecule has 3 heterocycles. The number of thiophene rings is 1. The van der Waals surface area contributed by atoms with Crippen molar-refractivity contribution in [2.45, 2.75) is 32.1 Å². The number of fused-ring (bicyclic) bond motifs is 1. The van der Waals surface area contributed by atoms with Crippen molar-refractivity contribution in [3.8, 4) is 5.75 Å². The molecule has 8 heteroatoms. The van der Waals surface area contributed by atoms with Crippen LogP contribution in [0.15, 0.2) is 48.8 Å². The van der Waals surface area contributed by atoms with Gasteiger partial charge in [0.15, 0.2) is 5.75 Å². The largest absolute Gasteiger partial charge is 0.351 e. The number of nitrogens with one attached hydrogen (secondary N) is 1. The van der Waals surface area contributed by atoms with E-state index in [1.54, 1.807) is 35.5 Å². The quantitative estimate of drug-likeness (QED) is 0.485. The van der Waals surface area contributed by atoms with Crippen molar-refractivity contribution >= 4 is 33.2 Å². The number of carbonyl (C=O) groups is 2. The second-order valence-corrected chi connectivity index (χ2v) is 9.17. The van der Waals surface area contributed by atoms with Crippen LogP contribution in [-0.4, -0.2) is 41.3 Å². The fourth-order valence-electron chi connectivity index (χ4n) is 4.15. The average molecular weight is 456 g/mol. The van der Waals surface area contributed by atoms with E-state index in [0.717, 1.165) is 42.2 Å². The number of rotatable bonds is 8. The Morgan fingerprint density at radius 2 is 2.00 bits per heavy atom. The van der Waals surface area contributed by atoms with Crippen LogP contribution in [0.1, 0.15) is 52.1 Å². The van der Waals surface area contributed by atoms with Crippen LogP contribution in [0.25, 0.3) is 10.1 Å². The third-order valence-corrected chi connectivity index (χ3v) is 7.06. The zero-order valence-electron chi connectivity index (χ0n) is 17.8. The fraction of sp³-hybridized carbons (Fsp3) is 0.375. The molecule has 0 saturated carbocycles. The highest BCUT2D eigenvalue weighted by Gasteiger charge is 2.25. The molecule has 1 fully saturated rings. The van der Waals surface area contributed by atoms with Gasteiger partial charge in [0.2, 0.25) is 0 Å². The summed E-state index contributed by atoms with van der Waals surface area (Å²) in [6.07, 6.45) is 8.43. The normalized spacial score (nSPS) is 14.5. The number of aromatic nitrogens is 1. The summed E-state index contributed by atoms with van der Waals surface area (Å²) >= 11 is 1.46. The summed E-state index contributed by atoms with van der Waals surface area (Å²) in [5.74, 6) is 0.318. The van der Waals surface area contributed by atoms with Gasteiger partial charge in [-0.25, -0.2) is 0 Å². The second-order valence-electron chi connectivity index (χ2n) is 8.08. The molecule has 2 aromatic heterocycles. The summed E-state index contributed by atoms with van der Waals surface area (Å²) in [5.41, 5.74) is 0.263. The van der Waals surface area contributed by atoms with Gasteiger partial charge in [0.1, 0.15) is 0 Å². The first-order valence-electron chi connectivity index (χ1n) is 10.9. The van der Waals surface area contributed by atoms with Crippen molar-refractivity contribution < 1.29 is 19.1 Å². The molecular formula is C24H26FN3O3S. The zero-order valence-corrected chi connectivity index (χ0v) is 18.6. The summed E-state index contributed by atoms with van der Waals surface area (Å²) in [6.45, 7) is 1.99. The summed E-state index contributed by atoms with van der Waals surface area (Å²) < 4.78 is 13.7. The lowest BCUT2D eigenvalue weighted by molar-refractivity contribution is -0.00770. The Kier molecular flexibility index (Phi) is 7.32. The number of pyridine rings is 1. The molecule has 4 rings (SSSR count). The van der Waals surface area contributed by atoms with E-state index < -0.39 is 0 Å². The predicted octanol–water partition coefficient (Wildman–Crippen LogP) is 5.01. The minimum atomic E-state index is -0.184. The average Bonchev–Trinajstić information content (AvgIpc) is 3.28. The van der Waals surface area contributed by atoms with Crippen LogP contribution >= 0.6 is 11.3 Å². The minimum absolute atomic E-state index is 0.0319. The molecule has 0 unspecified atom stereocenters. The van der Waals surface area contributed by atoms with Gasteiger partial charge in [0.05, 0.1) is 15.1 Å². The number of para-hydroxylation sites is 1. The Bertz CT molecular complexity index is 1050. The molecule has 3 aromatic rings. The number of likely N-dealkylation sites (tertiary alicyclic amines) is 1. The van der Waals surface area contributed by atoms with Gasteiger partial charge in [-0.1, -0.05) is 25.0 Å². The van der Waals surface area contributed by atoms with Crippen molar-refractivity contribution in [1.82, 2.24) is 15.2 Å². The molecule has 1 saturated heterocycles. The number of hydrogen-bond acceptors (Lipinski definition) is 5. The molecule has 0 bridgehead atoms. The van der Waals surface area contributed by atoms with Gasteiger partial charge in [-0.3, -0.25) is 19.5 Å². The molecule has 0 radical (unpaired) electrons. The van der Waals surface area contributed by atoms with E-state index in [0.29, 0.717) is 30.4 Å². The molecule has 32 heavy (non-hydrogen) atoms. The van der Waals surface area contributed by atoms with Gasteiger partial charge in [-0.15, -0.1) is 11.3 Å². The predicted molar refractivity (Wildman–Crippen MR) is 123 cm³/mol. The first-order chi connectivity index (χ1) is 15.7. The van der Waals surface area contributed by atoms with E-state index in [1.165, 1.54) is 17.4 Å². The maximum Gasteiger partial charge on any atom is 0.261 e. The number of halogens is 1. The van der Waals surface area contributed by atoms with E-state index >= 15 is 0 Å².